The first-order valence-electron chi connectivity index (χ1n) is 7.00. The number of terminal acetylenes is 1. The minimum absolute atomic E-state index is 0.00779. The number of carbonyl (C=O) groups is 1. The molecule has 0 unspecified atom stereocenters. The average Bonchev–Trinajstić information content (AvgIpc) is 2.57. The average molecular weight is 310 g/mol. The van der Waals surface area contributed by atoms with Gasteiger partial charge in [0.05, 0.1) is 6.61 Å². The van der Waals surface area contributed by atoms with E-state index in [0.717, 1.165) is 0 Å². The number of amides is 1. The summed E-state index contributed by atoms with van der Waals surface area (Å²) in [6.45, 7) is 6.22. The van der Waals surface area contributed by atoms with E-state index in [0.29, 0.717) is 30.2 Å². The Bertz CT molecular complexity index is 678. The Morgan fingerprint density at radius 3 is 2.83 bits per heavy atom. The zero-order chi connectivity index (χ0) is 17.1. The maximum atomic E-state index is 11.8. The molecule has 0 aliphatic carbocycles. The summed E-state index contributed by atoms with van der Waals surface area (Å²) in [6, 6.07) is 6.96. The van der Waals surface area contributed by atoms with Gasteiger partial charge in [0, 0.05) is 6.54 Å². The molecule has 1 aromatic carbocycles. The van der Waals surface area contributed by atoms with Crippen molar-refractivity contribution in [2.45, 2.75) is 6.92 Å². The molecule has 23 heavy (non-hydrogen) atoms. The van der Waals surface area contributed by atoms with E-state index in [1.807, 2.05) is 13.0 Å². The minimum atomic E-state index is -0.460. The largest absolute Gasteiger partial charge is 0.490 e. The van der Waals surface area contributed by atoms with Crippen LogP contribution in [0, 0.1) is 23.7 Å². The summed E-state index contributed by atoms with van der Waals surface area (Å²) in [5.41, 5.74) is 0.637. The highest BCUT2D eigenvalue weighted by molar-refractivity contribution is 6.01. The van der Waals surface area contributed by atoms with Crippen LogP contribution in [0.1, 0.15) is 12.5 Å². The first kappa shape index (κ1) is 17.9. The number of nitrogens with one attached hydrogen (secondary N) is 1. The number of nitrogens with zero attached hydrogens (tertiary/aromatic N) is 1. The van der Waals surface area contributed by atoms with Crippen LogP contribution in [0.5, 0.6) is 11.5 Å². The Hall–Kier alpha value is -3.18. The van der Waals surface area contributed by atoms with Gasteiger partial charge in [-0.05, 0) is 30.7 Å². The van der Waals surface area contributed by atoms with E-state index in [1.165, 1.54) is 12.2 Å². The molecule has 0 radical (unpaired) electrons. The van der Waals surface area contributed by atoms with Crippen molar-refractivity contribution in [3.63, 3.8) is 0 Å². The lowest BCUT2D eigenvalue weighted by Gasteiger charge is -2.11. The van der Waals surface area contributed by atoms with Gasteiger partial charge in [-0.2, -0.15) is 5.26 Å². The van der Waals surface area contributed by atoms with Crippen LogP contribution >= 0.6 is 0 Å². The first-order chi connectivity index (χ1) is 11.2. The standard InChI is InChI=1S/C18H18N2O3/c1-4-9-20-18(21)15(13-19)11-14-7-8-16(23-10-5-2)17(12-14)22-6-3/h2,4,7-8,11-12H,1,6,9-10H2,3H3,(H,20,21)/b15-11+. The highest BCUT2D eigenvalue weighted by atomic mass is 16.5. The predicted molar refractivity (Wildman–Crippen MR) is 88.7 cm³/mol. The monoisotopic (exact) mass is 310 g/mol. The fraction of sp³-hybridized carbons (Fsp3) is 0.222. The molecule has 0 saturated heterocycles. The number of nitriles is 1. The van der Waals surface area contributed by atoms with Crippen molar-refractivity contribution in [1.82, 2.24) is 5.32 Å². The summed E-state index contributed by atoms with van der Waals surface area (Å²) >= 11 is 0. The maximum Gasteiger partial charge on any atom is 0.262 e. The van der Waals surface area contributed by atoms with Gasteiger partial charge in [-0.15, -0.1) is 13.0 Å². The molecule has 0 aromatic heterocycles. The highest BCUT2D eigenvalue weighted by Crippen LogP contribution is 2.29. The van der Waals surface area contributed by atoms with Crippen molar-refractivity contribution in [3.8, 4) is 29.9 Å². The SMILES string of the molecule is C#CCOc1ccc(/C=C(\C#N)C(=O)NCC=C)cc1OCC. The number of rotatable bonds is 8. The topological polar surface area (TPSA) is 71.3 Å². The molecule has 1 N–H and O–H groups in total. The van der Waals surface area contributed by atoms with Gasteiger partial charge in [0.15, 0.2) is 11.5 Å². The molecule has 1 rings (SSSR count). The number of ether oxygens (including phenoxy) is 2. The fourth-order valence-corrected chi connectivity index (χ4v) is 1.70. The second-order valence-electron chi connectivity index (χ2n) is 4.30. The molecule has 0 bridgehead atoms. The van der Waals surface area contributed by atoms with Crippen LogP contribution in [0.15, 0.2) is 36.4 Å². The first-order valence-corrected chi connectivity index (χ1v) is 7.00. The van der Waals surface area contributed by atoms with E-state index < -0.39 is 5.91 Å². The van der Waals surface area contributed by atoms with Crippen LogP contribution in [0.3, 0.4) is 0 Å². The summed E-state index contributed by atoms with van der Waals surface area (Å²) in [7, 11) is 0. The van der Waals surface area contributed by atoms with Crippen molar-refractivity contribution in [3.05, 3.63) is 42.0 Å². The molecule has 0 spiro atoms. The Labute approximate surface area is 136 Å². The molecule has 0 atom stereocenters. The van der Waals surface area contributed by atoms with Gasteiger partial charge in [-0.1, -0.05) is 18.1 Å². The molecule has 1 amide bonds. The van der Waals surface area contributed by atoms with Crippen LogP contribution in [0.2, 0.25) is 0 Å². The van der Waals surface area contributed by atoms with Crippen molar-refractivity contribution >= 4 is 12.0 Å². The Balaban J connectivity index is 3.07. The van der Waals surface area contributed by atoms with E-state index >= 15 is 0 Å². The second kappa shape index (κ2) is 9.70. The maximum absolute atomic E-state index is 11.8. The third-order valence-corrected chi connectivity index (χ3v) is 2.66. The number of hydrogen-bond acceptors (Lipinski definition) is 4. The van der Waals surface area contributed by atoms with Gasteiger partial charge in [0.1, 0.15) is 18.2 Å². The quantitative estimate of drug-likeness (QED) is 0.346. The Kier molecular flexibility index (Phi) is 7.54. The van der Waals surface area contributed by atoms with Crippen LogP contribution in [0.25, 0.3) is 6.08 Å². The van der Waals surface area contributed by atoms with Gasteiger partial charge in [-0.3, -0.25) is 4.79 Å². The Morgan fingerprint density at radius 2 is 2.22 bits per heavy atom. The number of hydrogen-bond donors (Lipinski definition) is 1. The van der Waals surface area contributed by atoms with Crippen molar-refractivity contribution in [1.29, 1.82) is 5.26 Å². The van der Waals surface area contributed by atoms with E-state index in [-0.39, 0.29) is 12.2 Å². The van der Waals surface area contributed by atoms with E-state index in [9.17, 15) is 4.79 Å². The lowest BCUT2D eigenvalue weighted by Crippen LogP contribution is -2.24. The lowest BCUT2D eigenvalue weighted by molar-refractivity contribution is -0.116. The zero-order valence-corrected chi connectivity index (χ0v) is 13.0. The molecule has 0 heterocycles. The van der Waals surface area contributed by atoms with Crippen molar-refractivity contribution in [2.24, 2.45) is 0 Å². The van der Waals surface area contributed by atoms with E-state index in [1.54, 1.807) is 18.2 Å². The lowest BCUT2D eigenvalue weighted by atomic mass is 10.1. The van der Waals surface area contributed by atoms with Gasteiger partial charge >= 0.3 is 0 Å². The Morgan fingerprint density at radius 1 is 1.43 bits per heavy atom. The van der Waals surface area contributed by atoms with Gasteiger partial charge in [0.25, 0.3) is 5.91 Å². The number of benzene rings is 1. The molecule has 0 fully saturated rings. The molecule has 118 valence electrons. The molecule has 0 aliphatic rings. The van der Waals surface area contributed by atoms with Crippen molar-refractivity contribution < 1.29 is 14.3 Å². The second-order valence-corrected chi connectivity index (χ2v) is 4.30. The summed E-state index contributed by atoms with van der Waals surface area (Å²) < 4.78 is 10.9. The normalized spacial score (nSPS) is 10.1. The predicted octanol–water partition coefficient (Wildman–Crippen LogP) is 2.31. The summed E-state index contributed by atoms with van der Waals surface area (Å²) in [5.74, 6) is 2.93. The van der Waals surface area contributed by atoms with Crippen molar-refractivity contribution in [2.75, 3.05) is 19.8 Å². The number of carbonyl (C=O) groups excluding carboxylic acids is 1. The third kappa shape index (κ3) is 5.61. The molecule has 1 aromatic rings. The fourth-order valence-electron chi connectivity index (χ4n) is 1.70. The molecular formula is C18H18N2O3. The molecular weight excluding hydrogens is 292 g/mol. The molecule has 0 aliphatic heterocycles. The summed E-state index contributed by atoms with van der Waals surface area (Å²) in [5, 5.41) is 11.7. The zero-order valence-electron chi connectivity index (χ0n) is 13.0. The van der Waals surface area contributed by atoms with E-state index in [4.69, 9.17) is 21.2 Å². The molecule has 5 nitrogen and oxygen atoms in total. The summed E-state index contributed by atoms with van der Waals surface area (Å²) in [4.78, 5) is 11.8. The third-order valence-electron chi connectivity index (χ3n) is 2.66. The minimum Gasteiger partial charge on any atom is -0.490 e. The van der Waals surface area contributed by atoms with Crippen LogP contribution in [-0.4, -0.2) is 25.7 Å². The summed E-state index contributed by atoms with van der Waals surface area (Å²) in [6.07, 6.45) is 8.19. The molecule has 0 saturated carbocycles. The van der Waals surface area contributed by atoms with Gasteiger partial charge in [-0.25, -0.2) is 0 Å². The van der Waals surface area contributed by atoms with Gasteiger partial charge in [0.2, 0.25) is 0 Å². The molecule has 5 heteroatoms. The van der Waals surface area contributed by atoms with Gasteiger partial charge < -0.3 is 14.8 Å². The van der Waals surface area contributed by atoms with Crippen LogP contribution in [-0.2, 0) is 4.79 Å². The smallest absolute Gasteiger partial charge is 0.262 e. The van der Waals surface area contributed by atoms with Crippen LogP contribution in [0.4, 0.5) is 0 Å². The van der Waals surface area contributed by atoms with Crippen LogP contribution < -0.4 is 14.8 Å². The van der Waals surface area contributed by atoms with E-state index in [2.05, 4.69) is 17.8 Å². The highest BCUT2D eigenvalue weighted by Gasteiger charge is 2.10.